The molecule has 0 atom stereocenters. The van der Waals surface area contributed by atoms with E-state index >= 15 is 0 Å². The van der Waals surface area contributed by atoms with Gasteiger partial charge >= 0.3 is 0 Å². The van der Waals surface area contributed by atoms with Gasteiger partial charge in [0.2, 0.25) is 0 Å². The monoisotopic (exact) mass is 346 g/mol. The first kappa shape index (κ1) is 16.1. The average Bonchev–Trinajstić information content (AvgIpc) is 2.96. The minimum Gasteiger partial charge on any atom is -0.277 e. The molecule has 1 aromatic heterocycles. The van der Waals surface area contributed by atoms with Crippen LogP contribution in [0.25, 0.3) is 5.69 Å². The zero-order chi connectivity index (χ0) is 17.3. The molecule has 1 N–H and O–H groups in total. The predicted molar refractivity (Wildman–Crippen MR) is 88.0 cm³/mol. The summed E-state index contributed by atoms with van der Waals surface area (Å²) >= 11 is 0. The lowest BCUT2D eigenvalue weighted by atomic mass is 10.2. The minimum atomic E-state index is -3.85. The molecule has 0 unspecified atom stereocenters. The molecule has 0 amide bonds. The Kier molecular flexibility index (Phi) is 4.06. The lowest BCUT2D eigenvalue weighted by Crippen LogP contribution is -2.14. The normalized spacial score (nSPS) is 11.5. The van der Waals surface area contributed by atoms with Crippen molar-refractivity contribution in [2.45, 2.75) is 18.7 Å². The van der Waals surface area contributed by atoms with Crippen molar-refractivity contribution in [1.29, 1.82) is 0 Å². The maximum atomic E-state index is 14.3. The summed E-state index contributed by atoms with van der Waals surface area (Å²) in [5.41, 5.74) is 1.95. The number of rotatable bonds is 4. The number of halogens is 1. The quantitative estimate of drug-likeness (QED) is 0.788. The maximum Gasteiger partial charge on any atom is 0.261 e. The van der Waals surface area contributed by atoms with E-state index in [0.29, 0.717) is 11.4 Å². The van der Waals surface area contributed by atoms with Gasteiger partial charge in [0.25, 0.3) is 10.0 Å². The highest BCUT2D eigenvalue weighted by molar-refractivity contribution is 7.92. The van der Waals surface area contributed by atoms with Crippen molar-refractivity contribution in [3.8, 4) is 5.69 Å². The second-order valence-electron chi connectivity index (χ2n) is 5.39. The molecule has 0 aliphatic heterocycles. The van der Waals surface area contributed by atoms with Crippen LogP contribution in [0.4, 0.5) is 10.1 Å². The van der Waals surface area contributed by atoms with E-state index in [-0.39, 0.29) is 10.6 Å². The maximum absolute atomic E-state index is 14.3. The second-order valence-corrected chi connectivity index (χ2v) is 7.07. The molecule has 6 nitrogen and oxygen atoms in total. The SMILES string of the molecule is Cc1ccc(S(=O)(=O)Nc2ccc(-n3cc(C)nn3)cc2F)cc1. The van der Waals surface area contributed by atoms with Crippen LogP contribution in [0.2, 0.25) is 0 Å². The molecule has 8 heteroatoms. The van der Waals surface area contributed by atoms with Crippen molar-refractivity contribution in [1.82, 2.24) is 15.0 Å². The van der Waals surface area contributed by atoms with Crippen LogP contribution in [0.1, 0.15) is 11.3 Å². The molecule has 0 saturated heterocycles. The average molecular weight is 346 g/mol. The summed E-state index contributed by atoms with van der Waals surface area (Å²) in [6.07, 6.45) is 1.64. The number of aryl methyl sites for hydroxylation is 2. The Morgan fingerprint density at radius 1 is 1.08 bits per heavy atom. The molecule has 2 aromatic carbocycles. The van der Waals surface area contributed by atoms with Gasteiger partial charge in [0.15, 0.2) is 0 Å². The first-order chi connectivity index (χ1) is 11.3. The number of anilines is 1. The topological polar surface area (TPSA) is 76.9 Å². The van der Waals surface area contributed by atoms with Gasteiger partial charge in [-0.2, -0.15) is 0 Å². The molecule has 0 aliphatic rings. The lowest BCUT2D eigenvalue weighted by Gasteiger charge is -2.10. The van der Waals surface area contributed by atoms with Crippen LogP contribution in [-0.2, 0) is 10.0 Å². The summed E-state index contributed by atoms with van der Waals surface area (Å²) in [7, 11) is -3.85. The Hall–Kier alpha value is -2.74. The van der Waals surface area contributed by atoms with Gasteiger partial charge in [0.05, 0.1) is 28.2 Å². The molecule has 0 spiro atoms. The molecule has 24 heavy (non-hydrogen) atoms. The number of sulfonamides is 1. The summed E-state index contributed by atoms with van der Waals surface area (Å²) < 4.78 is 42.6. The summed E-state index contributed by atoms with van der Waals surface area (Å²) in [6.45, 7) is 3.62. The van der Waals surface area contributed by atoms with Crippen molar-refractivity contribution in [3.63, 3.8) is 0 Å². The zero-order valence-electron chi connectivity index (χ0n) is 13.1. The Morgan fingerprint density at radius 3 is 2.38 bits per heavy atom. The predicted octanol–water partition coefficient (Wildman–Crippen LogP) is 2.82. The number of aromatic nitrogens is 3. The number of nitrogens with one attached hydrogen (secondary N) is 1. The van der Waals surface area contributed by atoms with Crippen molar-refractivity contribution in [2.24, 2.45) is 0 Å². The smallest absolute Gasteiger partial charge is 0.261 e. The molecule has 0 saturated carbocycles. The van der Waals surface area contributed by atoms with Crippen LogP contribution in [-0.4, -0.2) is 23.4 Å². The van der Waals surface area contributed by atoms with Gasteiger partial charge in [-0.3, -0.25) is 4.72 Å². The highest BCUT2D eigenvalue weighted by Gasteiger charge is 2.16. The number of nitrogens with zero attached hydrogens (tertiary/aromatic N) is 3. The van der Waals surface area contributed by atoms with Crippen LogP contribution < -0.4 is 4.72 Å². The van der Waals surface area contributed by atoms with Crippen LogP contribution >= 0.6 is 0 Å². The third kappa shape index (κ3) is 3.28. The van der Waals surface area contributed by atoms with Crippen LogP contribution in [0.15, 0.2) is 53.6 Å². The molecule has 3 rings (SSSR count). The van der Waals surface area contributed by atoms with Gasteiger partial charge in [-0.1, -0.05) is 22.9 Å². The van der Waals surface area contributed by atoms with Crippen LogP contribution in [0, 0.1) is 19.7 Å². The highest BCUT2D eigenvalue weighted by Crippen LogP contribution is 2.22. The minimum absolute atomic E-state index is 0.0727. The molecule has 0 radical (unpaired) electrons. The van der Waals surface area contributed by atoms with Crippen LogP contribution in [0.5, 0.6) is 0 Å². The molecule has 3 aromatic rings. The molecular weight excluding hydrogens is 331 g/mol. The summed E-state index contributed by atoms with van der Waals surface area (Å²) in [5.74, 6) is -0.698. The van der Waals surface area contributed by atoms with E-state index in [4.69, 9.17) is 0 Å². The van der Waals surface area contributed by atoms with Crippen molar-refractivity contribution in [2.75, 3.05) is 4.72 Å². The lowest BCUT2D eigenvalue weighted by molar-refractivity contribution is 0.598. The Bertz CT molecular complexity index is 982. The number of hydrogen-bond donors (Lipinski definition) is 1. The van der Waals surface area contributed by atoms with Gasteiger partial charge < -0.3 is 0 Å². The van der Waals surface area contributed by atoms with E-state index in [2.05, 4.69) is 15.0 Å². The van der Waals surface area contributed by atoms with E-state index < -0.39 is 15.8 Å². The van der Waals surface area contributed by atoms with E-state index in [1.165, 1.54) is 28.9 Å². The fourth-order valence-corrected chi connectivity index (χ4v) is 3.19. The molecule has 0 aliphatic carbocycles. The van der Waals surface area contributed by atoms with E-state index in [1.807, 2.05) is 6.92 Å². The first-order valence-electron chi connectivity index (χ1n) is 7.13. The third-order valence-corrected chi connectivity index (χ3v) is 4.78. The largest absolute Gasteiger partial charge is 0.277 e. The molecule has 0 fully saturated rings. The van der Waals surface area contributed by atoms with E-state index in [9.17, 15) is 12.8 Å². The Labute approximate surface area is 139 Å². The van der Waals surface area contributed by atoms with Gasteiger partial charge in [-0.25, -0.2) is 17.5 Å². The third-order valence-electron chi connectivity index (χ3n) is 3.40. The molecular formula is C16H15FN4O2S. The van der Waals surface area contributed by atoms with Gasteiger partial charge in [0.1, 0.15) is 5.82 Å². The first-order valence-corrected chi connectivity index (χ1v) is 8.62. The van der Waals surface area contributed by atoms with E-state index in [0.717, 1.165) is 5.56 Å². The summed E-state index contributed by atoms with van der Waals surface area (Å²) in [5, 5.41) is 7.68. The van der Waals surface area contributed by atoms with E-state index in [1.54, 1.807) is 31.3 Å². The Balaban J connectivity index is 1.89. The van der Waals surface area contributed by atoms with Crippen molar-refractivity contribution >= 4 is 15.7 Å². The molecule has 124 valence electrons. The molecule has 1 heterocycles. The van der Waals surface area contributed by atoms with Crippen molar-refractivity contribution in [3.05, 3.63) is 65.7 Å². The van der Waals surface area contributed by atoms with Crippen molar-refractivity contribution < 1.29 is 12.8 Å². The summed E-state index contributed by atoms with van der Waals surface area (Å²) in [6, 6.07) is 10.4. The van der Waals surface area contributed by atoms with Crippen LogP contribution in [0.3, 0.4) is 0 Å². The van der Waals surface area contributed by atoms with Gasteiger partial charge in [0, 0.05) is 6.07 Å². The van der Waals surface area contributed by atoms with Gasteiger partial charge in [-0.05, 0) is 38.1 Å². The summed E-state index contributed by atoms with van der Waals surface area (Å²) in [4.78, 5) is 0.0727. The fraction of sp³-hybridized carbons (Fsp3) is 0.125. The molecule has 0 bridgehead atoms. The highest BCUT2D eigenvalue weighted by atomic mass is 32.2. The zero-order valence-corrected chi connectivity index (χ0v) is 13.9. The number of benzene rings is 2. The second kappa shape index (κ2) is 6.04. The standard InChI is InChI=1S/C16H15FN4O2S/c1-11-3-6-14(7-4-11)24(22,23)19-16-8-5-13(9-15(16)17)21-10-12(2)18-20-21/h3-10,19H,1-2H3. The Morgan fingerprint density at radius 2 is 1.79 bits per heavy atom. The van der Waals surface area contributed by atoms with Gasteiger partial charge in [-0.15, -0.1) is 5.10 Å². The number of hydrogen-bond acceptors (Lipinski definition) is 4. The fourth-order valence-electron chi connectivity index (χ4n) is 2.12.